The van der Waals surface area contributed by atoms with Crippen molar-refractivity contribution in [1.82, 2.24) is 0 Å². The summed E-state index contributed by atoms with van der Waals surface area (Å²) in [5, 5.41) is 0. The maximum atomic E-state index is 11.0. The number of hydrogen-bond acceptors (Lipinski definition) is 4. The van der Waals surface area contributed by atoms with Crippen molar-refractivity contribution in [2.24, 2.45) is 0 Å². The lowest BCUT2D eigenvalue weighted by atomic mass is 10.1. The minimum Gasteiger partial charge on any atom is -0.458 e. The van der Waals surface area contributed by atoms with E-state index in [1.165, 1.54) is 13.8 Å². The van der Waals surface area contributed by atoms with Crippen LogP contribution in [0.15, 0.2) is 24.8 Å². The van der Waals surface area contributed by atoms with Crippen molar-refractivity contribution >= 4 is 11.9 Å². The average molecular weight is 316 g/mol. The molecule has 0 aromatic rings. The first-order valence-electron chi connectivity index (χ1n) is 7.62. The zero-order valence-corrected chi connectivity index (χ0v) is 14.1. The molecule has 0 N–H and O–H groups in total. The lowest BCUT2D eigenvalue weighted by Gasteiger charge is -2.11. The van der Waals surface area contributed by atoms with E-state index in [0.29, 0.717) is 6.42 Å². The van der Waals surface area contributed by atoms with Crippen LogP contribution in [0.1, 0.15) is 46.5 Å². The smallest absolute Gasteiger partial charge is 0.303 e. The third-order valence-corrected chi connectivity index (χ3v) is 2.66. The summed E-state index contributed by atoms with van der Waals surface area (Å²) in [4.78, 5) is 21.9. The van der Waals surface area contributed by atoms with Crippen molar-refractivity contribution in [2.45, 2.75) is 58.7 Å². The zero-order chi connectivity index (χ0) is 17.5. The van der Waals surface area contributed by atoms with E-state index in [0.717, 1.165) is 19.3 Å². The van der Waals surface area contributed by atoms with Gasteiger partial charge < -0.3 is 9.47 Å². The van der Waals surface area contributed by atoms with Crippen LogP contribution in [-0.4, -0.2) is 24.1 Å². The van der Waals surface area contributed by atoms with Gasteiger partial charge in [-0.1, -0.05) is 18.9 Å². The Morgan fingerprint density at radius 2 is 1.87 bits per heavy atom. The van der Waals surface area contributed by atoms with Crippen molar-refractivity contribution in [3.05, 3.63) is 24.8 Å². The van der Waals surface area contributed by atoms with E-state index in [2.05, 4.69) is 30.3 Å². The molecule has 0 saturated carbocycles. The quantitative estimate of drug-likeness (QED) is 0.299. The summed E-state index contributed by atoms with van der Waals surface area (Å²) < 4.78 is 10.2. The Kier molecular flexibility index (Phi) is 11.8. The Labute approximate surface area is 138 Å². The molecule has 0 aliphatic rings. The molecule has 0 fully saturated rings. The van der Waals surface area contributed by atoms with Gasteiger partial charge in [-0.3, -0.25) is 9.59 Å². The molecule has 2 atom stereocenters. The van der Waals surface area contributed by atoms with Crippen molar-refractivity contribution in [3.8, 4) is 23.7 Å². The normalized spacial score (nSPS) is 12.1. The largest absolute Gasteiger partial charge is 0.458 e. The number of ether oxygens (including phenoxy) is 2. The van der Waals surface area contributed by atoms with Gasteiger partial charge in [0.15, 0.2) is 6.10 Å². The molecule has 0 aromatic heterocycles. The van der Waals surface area contributed by atoms with Gasteiger partial charge >= 0.3 is 11.9 Å². The minimum atomic E-state index is -0.432. The van der Waals surface area contributed by atoms with Gasteiger partial charge in [0.25, 0.3) is 0 Å². The molecule has 0 rings (SSSR count). The molecule has 0 aromatic carbocycles. The highest BCUT2D eigenvalue weighted by molar-refractivity contribution is 5.66. The number of hydrogen-bond donors (Lipinski definition) is 0. The first-order valence-corrected chi connectivity index (χ1v) is 7.62. The summed E-state index contributed by atoms with van der Waals surface area (Å²) in [5.74, 6) is 10.1. The van der Waals surface area contributed by atoms with E-state index in [1.54, 1.807) is 12.2 Å². The van der Waals surface area contributed by atoms with Gasteiger partial charge in [-0.05, 0) is 55.6 Å². The summed E-state index contributed by atoms with van der Waals surface area (Å²) in [6, 6.07) is 0. The van der Waals surface area contributed by atoms with Crippen LogP contribution in [0.4, 0.5) is 0 Å². The summed E-state index contributed by atoms with van der Waals surface area (Å²) in [7, 11) is 0. The standard InChI is InChI=1S/C19H24O4/c1-5-7-10-14-19(23-17(4)21)15-12-9-8-11-13-18(6-2)22-16(3)20/h5,12,15,18-19H,1,6-7,10,14H2,2-4H3. The van der Waals surface area contributed by atoms with Crippen LogP contribution in [0.2, 0.25) is 0 Å². The van der Waals surface area contributed by atoms with E-state index in [-0.39, 0.29) is 18.0 Å². The van der Waals surface area contributed by atoms with E-state index in [1.807, 2.05) is 13.0 Å². The van der Waals surface area contributed by atoms with E-state index < -0.39 is 6.10 Å². The maximum absolute atomic E-state index is 11.0. The highest BCUT2D eigenvalue weighted by Crippen LogP contribution is 2.07. The Hall–Kier alpha value is -2.46. The van der Waals surface area contributed by atoms with Crippen molar-refractivity contribution in [1.29, 1.82) is 0 Å². The molecule has 23 heavy (non-hydrogen) atoms. The van der Waals surface area contributed by atoms with Gasteiger partial charge in [0.1, 0.15) is 6.10 Å². The van der Waals surface area contributed by atoms with Crippen LogP contribution >= 0.6 is 0 Å². The fourth-order valence-electron chi connectivity index (χ4n) is 1.64. The molecule has 4 heteroatoms. The number of rotatable bonds is 8. The van der Waals surface area contributed by atoms with Crippen molar-refractivity contribution in [2.75, 3.05) is 0 Å². The minimum absolute atomic E-state index is 0.292. The van der Waals surface area contributed by atoms with Crippen LogP contribution in [0.3, 0.4) is 0 Å². The van der Waals surface area contributed by atoms with Gasteiger partial charge in [-0.2, -0.15) is 0 Å². The Morgan fingerprint density at radius 3 is 2.43 bits per heavy atom. The highest BCUT2D eigenvalue weighted by Gasteiger charge is 2.06. The Morgan fingerprint density at radius 1 is 1.17 bits per heavy atom. The summed E-state index contributed by atoms with van der Waals surface area (Å²) in [6.07, 6.45) is 7.55. The average Bonchev–Trinajstić information content (AvgIpc) is 2.48. The van der Waals surface area contributed by atoms with E-state index in [9.17, 15) is 9.59 Å². The second kappa shape index (κ2) is 13.2. The molecule has 0 saturated heterocycles. The second-order valence-electron chi connectivity index (χ2n) is 4.77. The monoisotopic (exact) mass is 316 g/mol. The van der Waals surface area contributed by atoms with Gasteiger partial charge in [0, 0.05) is 13.8 Å². The zero-order valence-electron chi connectivity index (χ0n) is 14.1. The van der Waals surface area contributed by atoms with Gasteiger partial charge in [-0.15, -0.1) is 6.58 Å². The molecular weight excluding hydrogens is 292 g/mol. The first kappa shape index (κ1) is 20.5. The fraction of sp³-hybridized carbons (Fsp3) is 0.474. The first-order chi connectivity index (χ1) is 11.0. The molecule has 0 radical (unpaired) electrons. The van der Waals surface area contributed by atoms with Crippen LogP contribution in [0.25, 0.3) is 0 Å². The predicted octanol–water partition coefficient (Wildman–Crippen LogP) is 3.18. The molecule has 0 heterocycles. The lowest BCUT2D eigenvalue weighted by molar-refractivity contribution is -0.145. The molecule has 0 aliphatic carbocycles. The lowest BCUT2D eigenvalue weighted by Crippen LogP contribution is -2.13. The fourth-order valence-corrected chi connectivity index (χ4v) is 1.64. The molecule has 2 unspecified atom stereocenters. The molecular formula is C19H24O4. The van der Waals surface area contributed by atoms with Gasteiger partial charge in [0.05, 0.1) is 0 Å². The van der Waals surface area contributed by atoms with Gasteiger partial charge in [-0.25, -0.2) is 0 Å². The molecule has 0 amide bonds. The topological polar surface area (TPSA) is 52.6 Å². The van der Waals surface area contributed by atoms with Crippen LogP contribution in [0.5, 0.6) is 0 Å². The SMILES string of the molecule is C=CCCCC(C=CC#CC#CC(CC)OC(C)=O)OC(C)=O. The van der Waals surface area contributed by atoms with Crippen LogP contribution < -0.4 is 0 Å². The van der Waals surface area contributed by atoms with Crippen LogP contribution in [0, 0.1) is 23.7 Å². The maximum Gasteiger partial charge on any atom is 0.303 e. The second-order valence-corrected chi connectivity index (χ2v) is 4.77. The van der Waals surface area contributed by atoms with Crippen molar-refractivity contribution in [3.63, 3.8) is 0 Å². The number of allylic oxidation sites excluding steroid dienone is 2. The predicted molar refractivity (Wildman–Crippen MR) is 90.1 cm³/mol. The third kappa shape index (κ3) is 13.0. The van der Waals surface area contributed by atoms with Gasteiger partial charge in [0.2, 0.25) is 0 Å². The summed E-state index contributed by atoms with van der Waals surface area (Å²) in [6.45, 7) is 8.26. The highest BCUT2D eigenvalue weighted by atomic mass is 16.5. The Bertz CT molecular complexity index is 537. The molecule has 0 aliphatic heterocycles. The molecule has 0 bridgehead atoms. The van der Waals surface area contributed by atoms with E-state index >= 15 is 0 Å². The molecule has 0 spiro atoms. The Balaban J connectivity index is 4.53. The molecule has 124 valence electrons. The van der Waals surface area contributed by atoms with E-state index in [4.69, 9.17) is 9.47 Å². The van der Waals surface area contributed by atoms with Crippen molar-refractivity contribution < 1.29 is 19.1 Å². The summed E-state index contributed by atoms with van der Waals surface area (Å²) >= 11 is 0. The molecule has 4 nitrogen and oxygen atoms in total. The number of unbranched alkanes of at least 4 members (excludes halogenated alkanes) is 1. The van der Waals surface area contributed by atoms with Crippen LogP contribution in [-0.2, 0) is 19.1 Å². The summed E-state index contributed by atoms with van der Waals surface area (Å²) in [5.41, 5.74) is 0. The third-order valence-electron chi connectivity index (χ3n) is 2.66. The number of carbonyl (C=O) groups excluding carboxylic acids is 2. The number of carbonyl (C=O) groups is 2. The number of esters is 2.